The lowest BCUT2D eigenvalue weighted by atomic mass is 9.94. The Morgan fingerprint density at radius 1 is 0.833 bits per heavy atom. The number of nitrogens with zero attached hydrogens (tertiary/aromatic N) is 2. The van der Waals surface area contributed by atoms with Gasteiger partial charge in [0.1, 0.15) is 17.2 Å². The van der Waals surface area contributed by atoms with Crippen LogP contribution in [0.1, 0.15) is 46.5 Å². The van der Waals surface area contributed by atoms with Crippen LogP contribution in [0.25, 0.3) is 32.6 Å². The Morgan fingerprint density at radius 3 is 2.21 bits per heavy atom. The van der Waals surface area contributed by atoms with Crippen molar-refractivity contribution >= 4 is 44.1 Å². The summed E-state index contributed by atoms with van der Waals surface area (Å²) in [7, 11) is 1.63. The van der Waals surface area contributed by atoms with Crippen LogP contribution in [0, 0.1) is 6.92 Å². The molecular weight excluding hydrogens is 524 g/mol. The van der Waals surface area contributed by atoms with Crippen molar-refractivity contribution in [2.45, 2.75) is 27.3 Å². The van der Waals surface area contributed by atoms with E-state index in [1.165, 1.54) is 0 Å². The second kappa shape index (κ2) is 11.1. The molecule has 6 aromatic rings. The second-order valence-corrected chi connectivity index (χ2v) is 10.3. The van der Waals surface area contributed by atoms with E-state index in [0.29, 0.717) is 29.2 Å². The molecule has 1 heterocycles. The first-order chi connectivity index (χ1) is 20.5. The Labute approximate surface area is 244 Å². The van der Waals surface area contributed by atoms with Crippen molar-refractivity contribution in [1.29, 1.82) is 0 Å². The first kappa shape index (κ1) is 27.1. The Bertz CT molecular complexity index is 2020. The summed E-state index contributed by atoms with van der Waals surface area (Å²) >= 11 is 0. The van der Waals surface area contributed by atoms with Gasteiger partial charge in [0.15, 0.2) is 5.78 Å². The van der Waals surface area contributed by atoms with Crippen molar-refractivity contribution in [3.05, 3.63) is 119 Å². The van der Waals surface area contributed by atoms with Crippen LogP contribution in [0.4, 0.5) is 0 Å². The number of ether oxygens (including phenoxy) is 2. The van der Waals surface area contributed by atoms with Gasteiger partial charge in [-0.05, 0) is 91.7 Å². The minimum absolute atomic E-state index is 0.0860. The minimum atomic E-state index is -0.0860. The van der Waals surface area contributed by atoms with Crippen molar-refractivity contribution in [2.75, 3.05) is 13.7 Å². The highest BCUT2D eigenvalue weighted by Gasteiger charge is 2.21. The molecule has 6 heteroatoms. The van der Waals surface area contributed by atoms with Gasteiger partial charge in [-0.15, -0.1) is 0 Å². The Balaban J connectivity index is 1.53. The topological polar surface area (TPSA) is 73.1 Å². The van der Waals surface area contributed by atoms with Gasteiger partial charge in [-0.2, -0.15) is 0 Å². The number of methoxy groups -OCH3 is 1. The van der Waals surface area contributed by atoms with Crippen LogP contribution in [-0.4, -0.2) is 35.0 Å². The molecule has 0 saturated heterocycles. The van der Waals surface area contributed by atoms with Gasteiger partial charge in [0, 0.05) is 45.0 Å². The number of aryl methyl sites for hydroxylation is 2. The fourth-order valence-corrected chi connectivity index (χ4v) is 5.94. The lowest BCUT2D eigenvalue weighted by Crippen LogP contribution is -2.06. The molecule has 0 atom stereocenters. The number of benzene rings is 5. The predicted octanol–water partition coefficient (Wildman–Crippen LogP) is 8.14. The number of oxime groups is 1. The molecule has 0 aliphatic heterocycles. The maximum Gasteiger partial charge on any atom is 0.197 e. The number of hydrogen-bond acceptors (Lipinski definition) is 5. The Hall–Kier alpha value is -5.10. The number of rotatable bonds is 8. The highest BCUT2D eigenvalue weighted by atomic mass is 16.5. The molecule has 0 unspecified atom stereocenters. The summed E-state index contributed by atoms with van der Waals surface area (Å²) < 4.78 is 13.5. The molecule has 1 aromatic heterocycles. The smallest absolute Gasteiger partial charge is 0.197 e. The molecule has 0 radical (unpaired) electrons. The van der Waals surface area contributed by atoms with Crippen LogP contribution in [0.2, 0.25) is 0 Å². The molecule has 6 nitrogen and oxygen atoms in total. The van der Waals surface area contributed by atoms with Crippen molar-refractivity contribution in [1.82, 2.24) is 4.57 Å². The molecule has 0 amide bonds. The Kier molecular flexibility index (Phi) is 7.13. The average molecular weight is 557 g/mol. The van der Waals surface area contributed by atoms with Crippen LogP contribution in [-0.2, 0) is 6.54 Å². The van der Waals surface area contributed by atoms with E-state index in [0.717, 1.165) is 61.6 Å². The zero-order valence-electron chi connectivity index (χ0n) is 24.1. The number of fused-ring (bicyclic) bond motifs is 4. The van der Waals surface area contributed by atoms with E-state index in [1.807, 2.05) is 98.8 Å². The van der Waals surface area contributed by atoms with E-state index >= 15 is 0 Å². The van der Waals surface area contributed by atoms with Gasteiger partial charge in [0.2, 0.25) is 0 Å². The molecule has 0 bridgehead atoms. The normalized spacial score (nSPS) is 11.9. The van der Waals surface area contributed by atoms with Crippen LogP contribution in [0.3, 0.4) is 0 Å². The SMILES string of the molecule is CCOc1ccc2ccccc2c1C(=O)c1ccc2c(c1)c1cc(/C(=N\O)c3ccc(OC)cc3C)ccc1n2CC. The average Bonchev–Trinajstić information content (AvgIpc) is 3.34. The molecule has 6 rings (SSSR count). The van der Waals surface area contributed by atoms with Crippen molar-refractivity contribution in [2.24, 2.45) is 5.16 Å². The maximum absolute atomic E-state index is 14.2. The first-order valence-corrected chi connectivity index (χ1v) is 14.1. The summed E-state index contributed by atoms with van der Waals surface area (Å²) in [4.78, 5) is 14.2. The number of aromatic nitrogens is 1. The number of hydrogen-bond donors (Lipinski definition) is 1. The van der Waals surface area contributed by atoms with Gasteiger partial charge in [0.25, 0.3) is 0 Å². The molecule has 0 fully saturated rings. The number of carbonyl (C=O) groups excluding carboxylic acids is 1. The third kappa shape index (κ3) is 4.45. The summed E-state index contributed by atoms with van der Waals surface area (Å²) in [5.74, 6) is 1.24. The van der Waals surface area contributed by atoms with Gasteiger partial charge < -0.3 is 19.2 Å². The summed E-state index contributed by atoms with van der Waals surface area (Å²) in [6.45, 7) is 7.23. The lowest BCUT2D eigenvalue weighted by molar-refractivity contribution is 0.103. The van der Waals surface area contributed by atoms with Gasteiger partial charge in [-0.25, -0.2) is 0 Å². The monoisotopic (exact) mass is 556 g/mol. The van der Waals surface area contributed by atoms with E-state index in [9.17, 15) is 10.0 Å². The minimum Gasteiger partial charge on any atom is -0.497 e. The number of carbonyl (C=O) groups is 1. The predicted molar refractivity (Wildman–Crippen MR) is 169 cm³/mol. The summed E-state index contributed by atoms with van der Waals surface area (Å²) in [6, 6.07) is 29.4. The molecule has 5 aromatic carbocycles. The molecular formula is C36H32N2O4. The fraction of sp³-hybridized carbons (Fsp3) is 0.167. The van der Waals surface area contributed by atoms with Crippen molar-refractivity contribution in [3.8, 4) is 11.5 Å². The molecule has 42 heavy (non-hydrogen) atoms. The maximum atomic E-state index is 14.2. The van der Waals surface area contributed by atoms with Crippen molar-refractivity contribution < 1.29 is 19.5 Å². The van der Waals surface area contributed by atoms with E-state index in [2.05, 4.69) is 22.7 Å². The summed E-state index contributed by atoms with van der Waals surface area (Å²) in [6.07, 6.45) is 0. The summed E-state index contributed by atoms with van der Waals surface area (Å²) in [5, 5.41) is 17.6. The van der Waals surface area contributed by atoms with Crippen LogP contribution < -0.4 is 9.47 Å². The quantitative estimate of drug-likeness (QED) is 0.0889. The molecule has 210 valence electrons. The largest absolute Gasteiger partial charge is 0.497 e. The highest BCUT2D eigenvalue weighted by molar-refractivity contribution is 6.21. The van der Waals surface area contributed by atoms with E-state index in [4.69, 9.17) is 9.47 Å². The number of ketones is 1. The molecule has 0 saturated carbocycles. The van der Waals surface area contributed by atoms with Crippen LogP contribution in [0.15, 0.2) is 96.2 Å². The first-order valence-electron chi connectivity index (χ1n) is 14.1. The molecule has 0 aliphatic carbocycles. The Morgan fingerprint density at radius 2 is 1.55 bits per heavy atom. The van der Waals surface area contributed by atoms with E-state index < -0.39 is 0 Å². The fourth-order valence-electron chi connectivity index (χ4n) is 5.94. The van der Waals surface area contributed by atoms with Gasteiger partial charge in [-0.1, -0.05) is 41.6 Å². The third-order valence-corrected chi connectivity index (χ3v) is 7.92. The van der Waals surface area contributed by atoms with Gasteiger partial charge in [0.05, 0.1) is 19.3 Å². The zero-order chi connectivity index (χ0) is 29.4. The highest BCUT2D eigenvalue weighted by Crippen LogP contribution is 2.35. The van der Waals surface area contributed by atoms with Crippen molar-refractivity contribution in [3.63, 3.8) is 0 Å². The van der Waals surface area contributed by atoms with Gasteiger partial charge >= 0.3 is 0 Å². The van der Waals surface area contributed by atoms with E-state index in [-0.39, 0.29) is 5.78 Å². The lowest BCUT2D eigenvalue weighted by Gasteiger charge is -2.13. The summed E-state index contributed by atoms with van der Waals surface area (Å²) in [5.41, 5.74) is 6.23. The molecule has 0 spiro atoms. The third-order valence-electron chi connectivity index (χ3n) is 7.92. The van der Waals surface area contributed by atoms with Crippen LogP contribution >= 0.6 is 0 Å². The zero-order valence-corrected chi connectivity index (χ0v) is 24.1. The van der Waals surface area contributed by atoms with Crippen LogP contribution in [0.5, 0.6) is 11.5 Å². The standard InChI is InChI=1S/C36H32N2O4/c1-5-38-31-16-11-24(35(37-40)27-15-14-26(41-4)19-22(27)3)20-29(31)30-21-25(12-17-32(30)38)36(39)34-28-10-8-7-9-23(28)13-18-33(34)42-6-2/h7-21,40H,5-6H2,1-4H3/b37-35+. The van der Waals surface area contributed by atoms with Gasteiger partial charge in [-0.3, -0.25) is 4.79 Å². The van der Waals surface area contributed by atoms with E-state index in [1.54, 1.807) is 7.11 Å². The molecule has 0 aliphatic rings. The molecule has 1 N–H and O–H groups in total. The second-order valence-electron chi connectivity index (χ2n) is 10.3.